The van der Waals surface area contributed by atoms with E-state index in [1.54, 1.807) is 17.0 Å². The summed E-state index contributed by atoms with van der Waals surface area (Å²) in [5.41, 5.74) is 0.0155. The number of benzene rings is 1. The van der Waals surface area contributed by atoms with Gasteiger partial charge >= 0.3 is 0 Å². The summed E-state index contributed by atoms with van der Waals surface area (Å²) in [4.78, 5) is 16.4. The minimum absolute atomic E-state index is 0.0595. The number of nitrogens with zero attached hydrogens (tertiary/aromatic N) is 3. The molecule has 4 nitrogen and oxygen atoms in total. The second-order valence-electron chi connectivity index (χ2n) is 5.57. The van der Waals surface area contributed by atoms with Crippen LogP contribution in [0.25, 0.3) is 0 Å². The minimum atomic E-state index is -0.497. The molecule has 1 saturated heterocycles. The molecule has 1 aliphatic heterocycles. The van der Waals surface area contributed by atoms with Crippen LogP contribution in [-0.2, 0) is 0 Å². The fourth-order valence-corrected chi connectivity index (χ4v) is 2.93. The first kappa shape index (κ1) is 16.3. The average molecular weight is 371 g/mol. The Morgan fingerprint density at radius 1 is 1.33 bits per heavy atom. The van der Waals surface area contributed by atoms with Crippen molar-refractivity contribution in [2.45, 2.75) is 19.4 Å². The molecule has 0 aliphatic carbocycles. The number of hydrogen-bond acceptors (Lipinski definition) is 3. The third-order valence-corrected chi connectivity index (χ3v) is 4.61. The van der Waals surface area contributed by atoms with Gasteiger partial charge in [-0.15, -0.1) is 0 Å². The summed E-state index contributed by atoms with van der Waals surface area (Å²) in [6.07, 6.45) is 0. The molecule has 1 amide bonds. The highest BCUT2D eigenvalue weighted by atomic mass is 79.9. The highest BCUT2D eigenvalue weighted by Crippen LogP contribution is 2.24. The summed E-state index contributed by atoms with van der Waals surface area (Å²) >= 11 is 9.47. The van der Waals surface area contributed by atoms with E-state index < -0.39 is 5.54 Å². The van der Waals surface area contributed by atoms with Crippen molar-refractivity contribution in [3.8, 4) is 6.07 Å². The zero-order chi connectivity index (χ0) is 15.6. The largest absolute Gasteiger partial charge is 0.336 e. The molecule has 0 saturated carbocycles. The predicted molar refractivity (Wildman–Crippen MR) is 86.3 cm³/mol. The summed E-state index contributed by atoms with van der Waals surface area (Å²) in [5, 5.41) is 9.63. The molecule has 0 aromatic heterocycles. The van der Waals surface area contributed by atoms with E-state index in [-0.39, 0.29) is 5.91 Å². The molecule has 0 atom stereocenters. The van der Waals surface area contributed by atoms with E-state index in [4.69, 9.17) is 11.6 Å². The van der Waals surface area contributed by atoms with Gasteiger partial charge in [0.15, 0.2) is 0 Å². The lowest BCUT2D eigenvalue weighted by atomic mass is 10.0. The maximum absolute atomic E-state index is 12.5. The lowest BCUT2D eigenvalue weighted by Gasteiger charge is -2.40. The van der Waals surface area contributed by atoms with Gasteiger partial charge in [0.25, 0.3) is 5.91 Å². The van der Waals surface area contributed by atoms with Crippen molar-refractivity contribution in [2.75, 3.05) is 26.2 Å². The van der Waals surface area contributed by atoms with Crippen LogP contribution in [0.5, 0.6) is 0 Å². The highest BCUT2D eigenvalue weighted by molar-refractivity contribution is 9.10. The second kappa shape index (κ2) is 6.35. The number of hydrogen-bond donors (Lipinski definition) is 0. The van der Waals surface area contributed by atoms with Crippen LogP contribution in [0, 0.1) is 11.3 Å². The van der Waals surface area contributed by atoms with Crippen molar-refractivity contribution in [3.63, 3.8) is 0 Å². The van der Waals surface area contributed by atoms with Crippen molar-refractivity contribution < 1.29 is 4.79 Å². The monoisotopic (exact) mass is 369 g/mol. The molecule has 1 aromatic carbocycles. The molecular formula is C15H17BrClN3O. The zero-order valence-corrected chi connectivity index (χ0v) is 14.4. The van der Waals surface area contributed by atoms with E-state index in [9.17, 15) is 10.1 Å². The molecule has 1 aromatic rings. The zero-order valence-electron chi connectivity index (χ0n) is 12.1. The molecule has 112 valence electrons. The van der Waals surface area contributed by atoms with Gasteiger partial charge < -0.3 is 4.90 Å². The molecule has 0 spiro atoms. The summed E-state index contributed by atoms with van der Waals surface area (Å²) in [5.74, 6) is -0.0595. The number of amides is 1. The molecule has 21 heavy (non-hydrogen) atoms. The third-order valence-electron chi connectivity index (χ3n) is 3.79. The van der Waals surface area contributed by atoms with Gasteiger partial charge in [0.05, 0.1) is 16.7 Å². The Labute approximate surface area is 138 Å². The number of carbonyl (C=O) groups excluding carboxylic acids is 1. The van der Waals surface area contributed by atoms with Gasteiger partial charge in [-0.3, -0.25) is 9.69 Å². The molecular weight excluding hydrogens is 354 g/mol. The van der Waals surface area contributed by atoms with Gasteiger partial charge in [0.2, 0.25) is 0 Å². The Morgan fingerprint density at radius 3 is 2.52 bits per heavy atom. The quantitative estimate of drug-likeness (QED) is 0.803. The van der Waals surface area contributed by atoms with Crippen molar-refractivity contribution in [1.82, 2.24) is 9.80 Å². The van der Waals surface area contributed by atoms with Gasteiger partial charge in [-0.2, -0.15) is 5.26 Å². The minimum Gasteiger partial charge on any atom is -0.336 e. The normalized spacial score (nSPS) is 16.6. The fourth-order valence-electron chi connectivity index (χ4n) is 2.37. The number of rotatable bonds is 2. The van der Waals surface area contributed by atoms with Gasteiger partial charge in [-0.25, -0.2) is 0 Å². The Bertz CT molecular complexity index is 589. The third kappa shape index (κ3) is 3.57. The van der Waals surface area contributed by atoms with E-state index in [0.29, 0.717) is 36.8 Å². The smallest absolute Gasteiger partial charge is 0.255 e. The molecule has 6 heteroatoms. The van der Waals surface area contributed by atoms with Crippen molar-refractivity contribution in [3.05, 3.63) is 33.3 Å². The molecule has 1 fully saturated rings. The number of piperazine rings is 1. The first-order valence-electron chi connectivity index (χ1n) is 6.76. The maximum Gasteiger partial charge on any atom is 0.255 e. The van der Waals surface area contributed by atoms with Crippen LogP contribution in [-0.4, -0.2) is 47.4 Å². The maximum atomic E-state index is 12.5. The van der Waals surface area contributed by atoms with Gasteiger partial charge in [0.1, 0.15) is 5.54 Å². The predicted octanol–water partition coefficient (Wildman–Crippen LogP) is 3.16. The van der Waals surface area contributed by atoms with E-state index in [1.165, 1.54) is 0 Å². The van der Waals surface area contributed by atoms with Crippen LogP contribution < -0.4 is 0 Å². The molecule has 1 heterocycles. The van der Waals surface area contributed by atoms with Gasteiger partial charge in [-0.05, 0) is 32.0 Å². The number of nitriles is 1. The summed E-state index contributed by atoms with van der Waals surface area (Å²) in [6, 6.07) is 7.57. The van der Waals surface area contributed by atoms with Crippen LogP contribution in [0.3, 0.4) is 0 Å². The lowest BCUT2D eigenvalue weighted by Crippen LogP contribution is -2.55. The molecule has 0 bridgehead atoms. The summed E-state index contributed by atoms with van der Waals surface area (Å²) in [7, 11) is 0. The number of carbonyl (C=O) groups is 1. The van der Waals surface area contributed by atoms with E-state index in [0.717, 1.165) is 4.47 Å². The molecule has 0 radical (unpaired) electrons. The van der Waals surface area contributed by atoms with Crippen molar-refractivity contribution >= 4 is 33.4 Å². The van der Waals surface area contributed by atoms with Gasteiger partial charge in [0, 0.05) is 30.7 Å². The topological polar surface area (TPSA) is 47.3 Å². The summed E-state index contributed by atoms with van der Waals surface area (Å²) in [6.45, 7) is 6.39. The first-order chi connectivity index (χ1) is 9.85. The Balaban J connectivity index is 2.07. The van der Waals surface area contributed by atoms with Crippen LogP contribution in [0.15, 0.2) is 22.7 Å². The van der Waals surface area contributed by atoms with Gasteiger partial charge in [-0.1, -0.05) is 27.5 Å². The Kier molecular flexibility index (Phi) is 4.92. The molecule has 2 rings (SSSR count). The lowest BCUT2D eigenvalue weighted by molar-refractivity contribution is 0.0521. The van der Waals surface area contributed by atoms with E-state index in [1.807, 2.05) is 19.9 Å². The Hall–Kier alpha value is -1.09. The van der Waals surface area contributed by atoms with Crippen LogP contribution >= 0.6 is 27.5 Å². The van der Waals surface area contributed by atoms with Crippen LogP contribution in [0.1, 0.15) is 24.2 Å². The van der Waals surface area contributed by atoms with Crippen molar-refractivity contribution in [1.29, 1.82) is 5.26 Å². The first-order valence-corrected chi connectivity index (χ1v) is 7.93. The second-order valence-corrected chi connectivity index (χ2v) is 6.90. The molecule has 0 unspecified atom stereocenters. The summed E-state index contributed by atoms with van der Waals surface area (Å²) < 4.78 is 0.833. The highest BCUT2D eigenvalue weighted by Gasteiger charge is 2.31. The SMILES string of the molecule is CC(C)(C#N)N1CCN(C(=O)c2cc(Br)ccc2Cl)CC1. The van der Waals surface area contributed by atoms with Crippen molar-refractivity contribution in [2.24, 2.45) is 0 Å². The van der Waals surface area contributed by atoms with Crippen LogP contribution in [0.4, 0.5) is 0 Å². The average Bonchev–Trinajstić information content (AvgIpc) is 2.49. The standard InChI is InChI=1S/C15H17BrClN3O/c1-15(2,10-18)20-7-5-19(6-8-20)14(21)12-9-11(16)3-4-13(12)17/h3-4,9H,5-8H2,1-2H3. The number of halogens is 2. The molecule has 0 N–H and O–H groups in total. The molecule has 1 aliphatic rings. The van der Waals surface area contributed by atoms with E-state index in [2.05, 4.69) is 26.9 Å². The van der Waals surface area contributed by atoms with E-state index >= 15 is 0 Å². The van der Waals surface area contributed by atoms with Crippen LogP contribution in [0.2, 0.25) is 5.02 Å². The fraction of sp³-hybridized carbons (Fsp3) is 0.467. The Morgan fingerprint density at radius 2 is 1.95 bits per heavy atom.